The van der Waals surface area contributed by atoms with Gasteiger partial charge in [0.15, 0.2) is 0 Å². The van der Waals surface area contributed by atoms with E-state index in [1.54, 1.807) is 0 Å². The highest BCUT2D eigenvalue weighted by molar-refractivity contribution is 6.22. The molecule has 0 bridgehead atoms. The Morgan fingerprint density at radius 3 is 1.06 bits per heavy atom. The van der Waals surface area contributed by atoms with Crippen LogP contribution in [-0.4, -0.2) is 0 Å². The lowest BCUT2D eigenvalue weighted by Gasteiger charge is -2.09. The molecule has 0 fully saturated rings. The second-order valence-electron chi connectivity index (χ2n) is 4.29. The Morgan fingerprint density at radius 2 is 0.778 bits per heavy atom. The van der Waals surface area contributed by atoms with Crippen LogP contribution in [0.2, 0.25) is 0 Å². The molecule has 4 aromatic rings. The van der Waals surface area contributed by atoms with Gasteiger partial charge in [-0.05, 0) is 32.3 Å². The van der Waals surface area contributed by atoms with Crippen LogP contribution in [-0.2, 0) is 0 Å². The Labute approximate surface area is 105 Å². The average molecular weight is 229 g/mol. The van der Waals surface area contributed by atoms with Gasteiger partial charge in [0.25, 0.3) is 0 Å². The van der Waals surface area contributed by atoms with Gasteiger partial charge < -0.3 is 0 Å². The first-order valence-electron chi connectivity index (χ1n) is 5.82. The maximum absolute atomic E-state index is 6.50. The van der Waals surface area contributed by atoms with Crippen molar-refractivity contribution in [2.24, 2.45) is 0 Å². The van der Waals surface area contributed by atoms with Gasteiger partial charge >= 0.3 is 0 Å². The fourth-order valence-electron chi connectivity index (χ4n) is 2.67. The van der Waals surface area contributed by atoms with Crippen molar-refractivity contribution in [2.45, 2.75) is 0 Å². The highest BCUT2D eigenvalue weighted by Crippen LogP contribution is 2.33. The predicted octanol–water partition coefficient (Wildman–Crippen LogP) is 4.72. The molecule has 4 rings (SSSR count). The molecule has 0 saturated heterocycles. The third-order valence-electron chi connectivity index (χ3n) is 3.39. The molecule has 0 N–H and O–H groups in total. The van der Waals surface area contributed by atoms with E-state index in [4.69, 9.17) is 5.26 Å². The molecule has 4 aromatic carbocycles. The third-order valence-corrected chi connectivity index (χ3v) is 3.39. The summed E-state index contributed by atoms with van der Waals surface area (Å²) in [6.45, 7) is 3.50. The first kappa shape index (κ1) is 10.6. The summed E-state index contributed by atoms with van der Waals surface area (Å²) in [5, 5.41) is 14.6. The minimum atomic E-state index is 1.34. The second-order valence-corrected chi connectivity index (χ2v) is 4.29. The Balaban J connectivity index is 0.000000478. The number of nitrogens with zero attached hydrogens (tertiary/aromatic N) is 1. The molecule has 0 atom stereocenters. The zero-order valence-corrected chi connectivity index (χ0v) is 9.80. The molecule has 0 saturated carbocycles. The minimum Gasteiger partial charge on any atom is -0.202 e. The topological polar surface area (TPSA) is 23.8 Å². The largest absolute Gasteiger partial charge is 0.202 e. The Kier molecular flexibility index (Phi) is 2.35. The van der Waals surface area contributed by atoms with Crippen LogP contribution in [0.3, 0.4) is 0 Å². The van der Waals surface area contributed by atoms with E-state index >= 15 is 0 Å². The van der Waals surface area contributed by atoms with Crippen molar-refractivity contribution in [1.29, 1.82) is 5.26 Å². The van der Waals surface area contributed by atoms with Crippen molar-refractivity contribution in [3.8, 4) is 6.57 Å². The van der Waals surface area contributed by atoms with Gasteiger partial charge in [0.1, 0.15) is 0 Å². The molecule has 1 nitrogen and oxygen atoms in total. The molecular formula is C17H11N. The van der Waals surface area contributed by atoms with Crippen LogP contribution in [0.15, 0.2) is 60.7 Å². The van der Waals surface area contributed by atoms with Gasteiger partial charge in [0, 0.05) is 6.57 Å². The summed E-state index contributed by atoms with van der Waals surface area (Å²) in [5.41, 5.74) is 0. The zero-order valence-electron chi connectivity index (χ0n) is 9.80. The fraction of sp³-hybridized carbons (Fsp3) is 0. The van der Waals surface area contributed by atoms with Crippen molar-refractivity contribution in [3.05, 3.63) is 60.7 Å². The van der Waals surface area contributed by atoms with Crippen molar-refractivity contribution < 1.29 is 0 Å². The number of hydrogen-bond donors (Lipinski definition) is 0. The van der Waals surface area contributed by atoms with E-state index < -0.39 is 0 Å². The summed E-state index contributed by atoms with van der Waals surface area (Å²) < 4.78 is 0. The molecular weight excluding hydrogens is 218 g/mol. The van der Waals surface area contributed by atoms with E-state index in [0.717, 1.165) is 0 Å². The van der Waals surface area contributed by atoms with Crippen molar-refractivity contribution in [1.82, 2.24) is 0 Å². The first-order chi connectivity index (χ1) is 8.93. The summed E-state index contributed by atoms with van der Waals surface area (Å²) in [5.74, 6) is 0. The van der Waals surface area contributed by atoms with Crippen LogP contribution in [0.1, 0.15) is 0 Å². The van der Waals surface area contributed by atoms with Gasteiger partial charge in [0.2, 0.25) is 0 Å². The molecule has 0 aliphatic rings. The molecule has 0 amide bonds. The number of nitriles is 1. The minimum absolute atomic E-state index is 1.34. The summed E-state index contributed by atoms with van der Waals surface area (Å²) in [6, 6.07) is 21.9. The quantitative estimate of drug-likeness (QED) is 0.400. The lowest BCUT2D eigenvalue weighted by atomic mass is 9.95. The Hall–Kier alpha value is -2.59. The Bertz CT molecular complexity index is 713. The normalized spacial score (nSPS) is 10.6. The van der Waals surface area contributed by atoms with E-state index in [1.165, 1.54) is 32.3 Å². The maximum Gasteiger partial charge on any atom is 0.0462 e. The SMILES string of the molecule is C#N.c1cc2ccc3cccc4ccc(c1)c2c34. The van der Waals surface area contributed by atoms with E-state index in [2.05, 4.69) is 67.2 Å². The van der Waals surface area contributed by atoms with Gasteiger partial charge in [-0.2, -0.15) is 0 Å². The Morgan fingerprint density at radius 1 is 0.500 bits per heavy atom. The van der Waals surface area contributed by atoms with Crippen molar-refractivity contribution in [2.75, 3.05) is 0 Å². The molecule has 0 spiro atoms. The van der Waals surface area contributed by atoms with Crippen molar-refractivity contribution >= 4 is 32.3 Å². The van der Waals surface area contributed by atoms with Crippen LogP contribution >= 0.6 is 0 Å². The smallest absolute Gasteiger partial charge is 0.0462 e. The molecule has 1 heteroatoms. The van der Waals surface area contributed by atoms with E-state index in [1.807, 2.05) is 0 Å². The predicted molar refractivity (Wildman–Crippen MR) is 76.8 cm³/mol. The molecule has 0 heterocycles. The molecule has 84 valence electrons. The molecule has 0 aliphatic carbocycles. The van der Waals surface area contributed by atoms with E-state index in [-0.39, 0.29) is 0 Å². The maximum atomic E-state index is 6.50. The van der Waals surface area contributed by atoms with Gasteiger partial charge in [-0.25, -0.2) is 5.26 Å². The molecule has 0 aromatic heterocycles. The molecule has 18 heavy (non-hydrogen) atoms. The van der Waals surface area contributed by atoms with Gasteiger partial charge in [-0.15, -0.1) is 0 Å². The lowest BCUT2D eigenvalue weighted by molar-refractivity contribution is 1.58. The van der Waals surface area contributed by atoms with E-state index in [9.17, 15) is 0 Å². The fourth-order valence-corrected chi connectivity index (χ4v) is 2.67. The lowest BCUT2D eigenvalue weighted by Crippen LogP contribution is -1.82. The first-order valence-corrected chi connectivity index (χ1v) is 5.82. The van der Waals surface area contributed by atoms with Crippen LogP contribution in [0, 0.1) is 11.8 Å². The number of hydrogen-bond acceptors (Lipinski definition) is 1. The second kappa shape index (κ2) is 4.01. The van der Waals surface area contributed by atoms with Crippen LogP contribution < -0.4 is 0 Å². The number of benzene rings is 4. The van der Waals surface area contributed by atoms with Crippen LogP contribution in [0.5, 0.6) is 0 Å². The van der Waals surface area contributed by atoms with Crippen LogP contribution in [0.25, 0.3) is 32.3 Å². The summed E-state index contributed by atoms with van der Waals surface area (Å²) in [6.07, 6.45) is 0. The van der Waals surface area contributed by atoms with Crippen LogP contribution in [0.4, 0.5) is 0 Å². The summed E-state index contributed by atoms with van der Waals surface area (Å²) in [4.78, 5) is 0. The van der Waals surface area contributed by atoms with Gasteiger partial charge in [0.05, 0.1) is 0 Å². The zero-order chi connectivity index (χ0) is 12.5. The van der Waals surface area contributed by atoms with E-state index in [0.29, 0.717) is 0 Å². The molecule has 0 radical (unpaired) electrons. The molecule has 0 unspecified atom stereocenters. The molecule has 0 aliphatic heterocycles. The summed E-state index contributed by atoms with van der Waals surface area (Å²) >= 11 is 0. The standard InChI is InChI=1S/C16H10.CHN/c1-3-11-7-9-13-5-2-6-14-10-8-12(4-1)15(11)16(13)14;1-2/h1-10H;1H. The highest BCUT2D eigenvalue weighted by Gasteiger charge is 2.05. The summed E-state index contributed by atoms with van der Waals surface area (Å²) in [7, 11) is 0. The van der Waals surface area contributed by atoms with Crippen molar-refractivity contribution in [3.63, 3.8) is 0 Å². The van der Waals surface area contributed by atoms with Gasteiger partial charge in [-0.3, -0.25) is 0 Å². The van der Waals surface area contributed by atoms with Gasteiger partial charge in [-0.1, -0.05) is 60.7 Å². The average Bonchev–Trinajstić information content (AvgIpc) is 2.47. The number of rotatable bonds is 0. The monoisotopic (exact) mass is 229 g/mol. The highest BCUT2D eigenvalue weighted by atomic mass is 14.2. The third kappa shape index (κ3) is 1.33.